The Bertz CT molecular complexity index is 1320. The number of hydrogen-bond acceptors (Lipinski definition) is 7. The summed E-state index contributed by atoms with van der Waals surface area (Å²) in [7, 11) is 2.06. The number of likely N-dealkylation sites (N-methyl/N-ethyl adjacent to an activating group) is 1. The Morgan fingerprint density at radius 3 is 2.31 bits per heavy atom. The smallest absolute Gasteiger partial charge is 0.255 e. The minimum absolute atomic E-state index is 0.0649. The molecule has 11 heteroatoms. The molecule has 0 radical (unpaired) electrons. The van der Waals surface area contributed by atoms with Gasteiger partial charge in [-0.15, -0.1) is 0 Å². The molecule has 2 aliphatic rings. The highest BCUT2D eigenvalue weighted by Crippen LogP contribution is 2.36. The quantitative estimate of drug-likeness (QED) is 0.488. The molecule has 8 nitrogen and oxygen atoms in total. The minimum atomic E-state index is -0.619. The van der Waals surface area contributed by atoms with Crippen molar-refractivity contribution in [3.05, 3.63) is 64.9 Å². The lowest BCUT2D eigenvalue weighted by Crippen LogP contribution is -2.55. The van der Waals surface area contributed by atoms with Gasteiger partial charge in [0.2, 0.25) is 5.95 Å². The predicted octanol–water partition coefficient (Wildman–Crippen LogP) is 4.69. The van der Waals surface area contributed by atoms with Crippen molar-refractivity contribution in [1.82, 2.24) is 14.9 Å². The summed E-state index contributed by atoms with van der Waals surface area (Å²) >= 11 is 5.98. The van der Waals surface area contributed by atoms with Gasteiger partial charge in [-0.2, -0.15) is 0 Å². The van der Waals surface area contributed by atoms with Crippen LogP contribution in [0.15, 0.2) is 42.7 Å². The van der Waals surface area contributed by atoms with Gasteiger partial charge in [-0.3, -0.25) is 9.69 Å². The van der Waals surface area contributed by atoms with Crippen LogP contribution in [0.2, 0.25) is 5.02 Å². The number of hydrogen-bond donors (Lipinski definition) is 1. The standard InChI is InChI=1S/C28H31ClF2N6O2/c1-17-15-37(16-18(2)35(17)3)26-12-24(31)23(20-13-32-28(33-14-20)36-4-6-39-7-5-36)11-25(26)34-27(38)19-8-21(29)10-22(30)9-19/h8-14,17-18H,4-7,15-16H2,1-3H3,(H,34,38)/t17-,18+. The summed E-state index contributed by atoms with van der Waals surface area (Å²) in [5.74, 6) is -1.08. The van der Waals surface area contributed by atoms with E-state index in [4.69, 9.17) is 16.3 Å². The zero-order chi connectivity index (χ0) is 27.7. The van der Waals surface area contributed by atoms with Gasteiger partial charge < -0.3 is 19.9 Å². The number of nitrogens with zero attached hydrogens (tertiary/aromatic N) is 5. The van der Waals surface area contributed by atoms with Crippen LogP contribution < -0.4 is 15.1 Å². The van der Waals surface area contributed by atoms with E-state index in [0.29, 0.717) is 62.3 Å². The topological polar surface area (TPSA) is 73.8 Å². The Morgan fingerprint density at radius 2 is 1.67 bits per heavy atom. The SMILES string of the molecule is C[C@@H]1CN(c2cc(F)c(-c3cnc(N4CCOCC4)nc3)cc2NC(=O)c2cc(F)cc(Cl)c2)C[C@H](C)N1C. The first-order chi connectivity index (χ1) is 18.7. The molecule has 0 unspecified atom stereocenters. The van der Waals surface area contributed by atoms with E-state index in [-0.39, 0.29) is 28.2 Å². The molecule has 2 fully saturated rings. The summed E-state index contributed by atoms with van der Waals surface area (Å²) < 4.78 is 35.0. The summed E-state index contributed by atoms with van der Waals surface area (Å²) in [6.07, 6.45) is 3.15. The lowest BCUT2D eigenvalue weighted by atomic mass is 10.0. The van der Waals surface area contributed by atoms with Crippen LogP contribution >= 0.6 is 11.6 Å². The largest absolute Gasteiger partial charge is 0.378 e. The van der Waals surface area contributed by atoms with Gasteiger partial charge >= 0.3 is 0 Å². The number of amides is 1. The Morgan fingerprint density at radius 1 is 1.00 bits per heavy atom. The highest BCUT2D eigenvalue weighted by molar-refractivity contribution is 6.31. The fraction of sp³-hybridized carbons (Fsp3) is 0.393. The molecular weight excluding hydrogens is 526 g/mol. The van der Waals surface area contributed by atoms with E-state index < -0.39 is 17.5 Å². The van der Waals surface area contributed by atoms with E-state index >= 15 is 4.39 Å². The molecule has 0 spiro atoms. The van der Waals surface area contributed by atoms with Gasteiger partial charge in [-0.1, -0.05) is 11.6 Å². The number of rotatable bonds is 5. The normalized spacial score (nSPS) is 20.3. The zero-order valence-corrected chi connectivity index (χ0v) is 22.9. The van der Waals surface area contributed by atoms with Crippen molar-refractivity contribution in [2.75, 3.05) is 61.6 Å². The Balaban J connectivity index is 1.51. The van der Waals surface area contributed by atoms with E-state index in [1.54, 1.807) is 18.5 Å². The molecule has 0 bridgehead atoms. The fourth-order valence-electron chi connectivity index (χ4n) is 5.01. The van der Waals surface area contributed by atoms with E-state index in [2.05, 4.69) is 46.0 Å². The van der Waals surface area contributed by atoms with Gasteiger partial charge in [0.05, 0.1) is 24.6 Å². The number of morpholine rings is 1. The van der Waals surface area contributed by atoms with Gasteiger partial charge in [0.1, 0.15) is 11.6 Å². The van der Waals surface area contributed by atoms with Crippen molar-refractivity contribution in [3.63, 3.8) is 0 Å². The van der Waals surface area contributed by atoms with Gasteiger partial charge in [0.15, 0.2) is 0 Å². The number of halogens is 3. The van der Waals surface area contributed by atoms with Crippen molar-refractivity contribution in [2.24, 2.45) is 0 Å². The molecule has 2 saturated heterocycles. The third kappa shape index (κ3) is 5.98. The molecule has 0 saturated carbocycles. The minimum Gasteiger partial charge on any atom is -0.378 e. The van der Waals surface area contributed by atoms with Crippen LogP contribution in [0.1, 0.15) is 24.2 Å². The van der Waals surface area contributed by atoms with Gasteiger partial charge in [0, 0.05) is 72.4 Å². The van der Waals surface area contributed by atoms with E-state index in [1.165, 1.54) is 12.1 Å². The van der Waals surface area contributed by atoms with Crippen molar-refractivity contribution in [3.8, 4) is 11.1 Å². The highest BCUT2D eigenvalue weighted by Gasteiger charge is 2.29. The maximum Gasteiger partial charge on any atom is 0.255 e. The van der Waals surface area contributed by atoms with Gasteiger partial charge in [0.25, 0.3) is 5.91 Å². The highest BCUT2D eigenvalue weighted by atomic mass is 35.5. The number of carbonyl (C=O) groups is 1. The maximum atomic E-state index is 15.7. The molecule has 2 aliphatic heterocycles. The molecular formula is C28H31ClF2N6O2. The maximum absolute atomic E-state index is 15.7. The number of piperazine rings is 1. The van der Waals surface area contributed by atoms with E-state index in [9.17, 15) is 9.18 Å². The lowest BCUT2D eigenvalue weighted by molar-refractivity contribution is 0.102. The molecule has 5 rings (SSSR count). The molecule has 1 N–H and O–H groups in total. The predicted molar refractivity (Wildman–Crippen MR) is 149 cm³/mol. The van der Waals surface area contributed by atoms with Crippen LogP contribution in [0, 0.1) is 11.6 Å². The number of benzene rings is 2. The molecule has 1 amide bonds. The first-order valence-corrected chi connectivity index (χ1v) is 13.3. The summed E-state index contributed by atoms with van der Waals surface area (Å²) in [5, 5.41) is 2.98. The molecule has 3 aromatic rings. The second kappa shape index (κ2) is 11.4. The summed E-state index contributed by atoms with van der Waals surface area (Å²) in [4.78, 5) is 28.4. The van der Waals surface area contributed by atoms with Crippen LogP contribution in [-0.4, -0.2) is 79.3 Å². The molecule has 3 heterocycles. The van der Waals surface area contributed by atoms with Crippen LogP contribution in [0.4, 0.5) is 26.1 Å². The fourth-order valence-corrected chi connectivity index (χ4v) is 5.24. The third-order valence-electron chi connectivity index (χ3n) is 7.40. The van der Waals surface area contributed by atoms with Crippen LogP contribution in [0.5, 0.6) is 0 Å². The van der Waals surface area contributed by atoms with Crippen molar-refractivity contribution >= 4 is 34.8 Å². The van der Waals surface area contributed by atoms with Crippen LogP contribution in [-0.2, 0) is 4.74 Å². The number of aromatic nitrogens is 2. The second-order valence-corrected chi connectivity index (χ2v) is 10.5. The Labute approximate surface area is 231 Å². The average molecular weight is 557 g/mol. The summed E-state index contributed by atoms with van der Waals surface area (Å²) in [6.45, 7) is 8.07. The molecule has 206 valence electrons. The second-order valence-electron chi connectivity index (χ2n) is 10.1. The average Bonchev–Trinajstić information content (AvgIpc) is 2.92. The molecule has 39 heavy (non-hydrogen) atoms. The molecule has 2 atom stereocenters. The number of nitrogens with one attached hydrogen (secondary N) is 1. The monoisotopic (exact) mass is 556 g/mol. The third-order valence-corrected chi connectivity index (χ3v) is 7.62. The van der Waals surface area contributed by atoms with Crippen LogP contribution in [0.25, 0.3) is 11.1 Å². The van der Waals surface area contributed by atoms with E-state index in [0.717, 1.165) is 12.1 Å². The Hall–Kier alpha value is -3.34. The lowest BCUT2D eigenvalue weighted by Gasteiger charge is -2.44. The summed E-state index contributed by atoms with van der Waals surface area (Å²) in [5.41, 5.74) is 1.73. The van der Waals surface area contributed by atoms with Crippen LogP contribution in [0.3, 0.4) is 0 Å². The molecule has 1 aromatic heterocycles. The first-order valence-electron chi connectivity index (χ1n) is 12.9. The van der Waals surface area contributed by atoms with Crippen molar-refractivity contribution in [1.29, 1.82) is 0 Å². The number of ether oxygens (including phenoxy) is 1. The Kier molecular flexibility index (Phi) is 7.97. The number of carbonyl (C=O) groups excluding carboxylic acids is 1. The van der Waals surface area contributed by atoms with Crippen molar-refractivity contribution in [2.45, 2.75) is 25.9 Å². The van der Waals surface area contributed by atoms with Gasteiger partial charge in [-0.25, -0.2) is 18.7 Å². The summed E-state index contributed by atoms with van der Waals surface area (Å²) in [6, 6.07) is 7.08. The van der Waals surface area contributed by atoms with Crippen molar-refractivity contribution < 1.29 is 18.3 Å². The molecule has 2 aromatic carbocycles. The zero-order valence-electron chi connectivity index (χ0n) is 22.1. The van der Waals surface area contributed by atoms with Gasteiger partial charge in [-0.05, 0) is 51.2 Å². The van der Waals surface area contributed by atoms with E-state index in [1.807, 2.05) is 4.90 Å². The number of anilines is 3. The molecule has 0 aliphatic carbocycles. The first kappa shape index (κ1) is 27.2.